The van der Waals surface area contributed by atoms with E-state index < -0.39 is 24.3 Å². The van der Waals surface area contributed by atoms with Crippen molar-refractivity contribution in [1.82, 2.24) is 10.2 Å². The fraction of sp³-hybridized carbons (Fsp3) is 0.435. The molecular formula is C23H26F4N2O3. The molecule has 1 amide bonds. The van der Waals surface area contributed by atoms with Gasteiger partial charge in [0.05, 0.1) is 19.2 Å². The van der Waals surface area contributed by atoms with Gasteiger partial charge in [-0.2, -0.15) is 8.78 Å². The van der Waals surface area contributed by atoms with Crippen molar-refractivity contribution in [3.63, 3.8) is 0 Å². The van der Waals surface area contributed by atoms with E-state index in [0.717, 1.165) is 30.5 Å². The highest BCUT2D eigenvalue weighted by Crippen LogP contribution is 2.33. The lowest BCUT2D eigenvalue weighted by Gasteiger charge is -2.24. The zero-order valence-electron chi connectivity index (χ0n) is 17.9. The standard InChI is InChI=1S/C23H26F4N2O3/c1-3-31-21-10-15(4-9-20(21)32-23(26)27)12-29(17-6-7-17)13-22(30)28-14(2)18-8-5-16(24)11-19(18)25/h4-5,8-11,14,17,23H,3,6-7,12-13H2,1-2H3,(H,28,30). The topological polar surface area (TPSA) is 50.8 Å². The Bertz CT molecular complexity index is 937. The Morgan fingerprint density at radius 1 is 1.16 bits per heavy atom. The highest BCUT2D eigenvalue weighted by atomic mass is 19.3. The van der Waals surface area contributed by atoms with Crippen molar-refractivity contribution in [2.24, 2.45) is 0 Å². The summed E-state index contributed by atoms with van der Waals surface area (Å²) >= 11 is 0. The zero-order chi connectivity index (χ0) is 23.3. The number of hydrogen-bond acceptors (Lipinski definition) is 4. The predicted molar refractivity (Wildman–Crippen MR) is 111 cm³/mol. The highest BCUT2D eigenvalue weighted by Gasteiger charge is 2.31. The number of benzene rings is 2. The number of nitrogens with one attached hydrogen (secondary N) is 1. The van der Waals surface area contributed by atoms with E-state index in [1.54, 1.807) is 26.0 Å². The van der Waals surface area contributed by atoms with Crippen LogP contribution in [0.5, 0.6) is 11.5 Å². The normalized spacial score (nSPS) is 14.5. The molecule has 1 atom stereocenters. The van der Waals surface area contributed by atoms with Gasteiger partial charge in [0.2, 0.25) is 5.91 Å². The summed E-state index contributed by atoms with van der Waals surface area (Å²) in [6, 6.07) is 7.56. The Hall–Kier alpha value is -2.81. The van der Waals surface area contributed by atoms with Crippen LogP contribution in [0.3, 0.4) is 0 Å². The van der Waals surface area contributed by atoms with Gasteiger partial charge >= 0.3 is 6.61 Å². The number of hydrogen-bond donors (Lipinski definition) is 1. The van der Waals surface area contributed by atoms with Crippen LogP contribution in [0.2, 0.25) is 0 Å². The summed E-state index contributed by atoms with van der Waals surface area (Å²) < 4.78 is 62.2. The molecule has 0 radical (unpaired) electrons. The molecule has 2 aromatic rings. The van der Waals surface area contributed by atoms with Crippen LogP contribution >= 0.6 is 0 Å². The number of halogens is 4. The quantitative estimate of drug-likeness (QED) is 0.496. The van der Waals surface area contributed by atoms with Crippen LogP contribution in [0, 0.1) is 11.6 Å². The lowest BCUT2D eigenvalue weighted by molar-refractivity contribution is -0.123. The fourth-order valence-corrected chi connectivity index (χ4v) is 3.50. The Kier molecular flexibility index (Phi) is 7.95. The van der Waals surface area contributed by atoms with Crippen LogP contribution in [0.25, 0.3) is 0 Å². The summed E-state index contributed by atoms with van der Waals surface area (Å²) in [6.07, 6.45) is 1.89. The second-order valence-electron chi connectivity index (χ2n) is 7.68. The third-order valence-corrected chi connectivity index (χ3v) is 5.13. The van der Waals surface area contributed by atoms with Crippen molar-refractivity contribution >= 4 is 5.91 Å². The van der Waals surface area contributed by atoms with E-state index in [9.17, 15) is 22.4 Å². The lowest BCUT2D eigenvalue weighted by atomic mass is 10.1. The highest BCUT2D eigenvalue weighted by molar-refractivity contribution is 5.78. The van der Waals surface area contributed by atoms with Crippen molar-refractivity contribution in [1.29, 1.82) is 0 Å². The summed E-state index contributed by atoms with van der Waals surface area (Å²) in [7, 11) is 0. The summed E-state index contributed by atoms with van der Waals surface area (Å²) in [5.74, 6) is -1.52. The number of carbonyl (C=O) groups excluding carboxylic acids is 1. The molecule has 9 heteroatoms. The van der Waals surface area contributed by atoms with Crippen molar-refractivity contribution < 1.29 is 31.8 Å². The second kappa shape index (κ2) is 10.7. The van der Waals surface area contributed by atoms with Gasteiger partial charge in [0, 0.05) is 24.2 Å². The minimum Gasteiger partial charge on any atom is -0.490 e. The van der Waals surface area contributed by atoms with Crippen LogP contribution in [0.4, 0.5) is 17.6 Å². The molecule has 0 saturated heterocycles. The van der Waals surface area contributed by atoms with E-state index in [0.29, 0.717) is 6.54 Å². The Balaban J connectivity index is 1.65. The van der Waals surface area contributed by atoms with E-state index in [-0.39, 0.29) is 42.2 Å². The van der Waals surface area contributed by atoms with Gasteiger partial charge in [-0.1, -0.05) is 12.1 Å². The molecule has 1 fully saturated rings. The van der Waals surface area contributed by atoms with E-state index in [1.165, 1.54) is 12.1 Å². The average Bonchev–Trinajstić information content (AvgIpc) is 3.54. The predicted octanol–water partition coefficient (Wildman–Crippen LogP) is 4.81. The Labute approximate surface area is 184 Å². The minimum absolute atomic E-state index is 0.0449. The number of amides is 1. The summed E-state index contributed by atoms with van der Waals surface area (Å²) in [5.41, 5.74) is 0.987. The smallest absolute Gasteiger partial charge is 0.387 e. The van der Waals surface area contributed by atoms with Gasteiger partial charge in [-0.15, -0.1) is 0 Å². The maximum Gasteiger partial charge on any atom is 0.387 e. The largest absolute Gasteiger partial charge is 0.490 e. The van der Waals surface area contributed by atoms with Crippen LogP contribution < -0.4 is 14.8 Å². The molecule has 2 aromatic carbocycles. The molecule has 32 heavy (non-hydrogen) atoms. The fourth-order valence-electron chi connectivity index (χ4n) is 3.50. The van der Waals surface area contributed by atoms with Crippen LogP contribution in [-0.4, -0.2) is 36.6 Å². The monoisotopic (exact) mass is 454 g/mol. The first-order chi connectivity index (χ1) is 15.3. The maximum absolute atomic E-state index is 14.0. The molecule has 0 spiro atoms. The number of carbonyl (C=O) groups is 1. The minimum atomic E-state index is -2.96. The molecule has 0 aromatic heterocycles. The Morgan fingerprint density at radius 2 is 1.91 bits per heavy atom. The van der Waals surface area contributed by atoms with Crippen molar-refractivity contribution in [3.8, 4) is 11.5 Å². The first-order valence-electron chi connectivity index (χ1n) is 10.5. The summed E-state index contributed by atoms with van der Waals surface area (Å²) in [4.78, 5) is 14.6. The zero-order valence-corrected chi connectivity index (χ0v) is 17.9. The first-order valence-corrected chi connectivity index (χ1v) is 10.5. The SMILES string of the molecule is CCOc1cc(CN(CC(=O)NC(C)c2ccc(F)cc2F)C2CC2)ccc1OC(F)F. The second-order valence-corrected chi connectivity index (χ2v) is 7.68. The molecule has 0 heterocycles. The Morgan fingerprint density at radius 3 is 2.53 bits per heavy atom. The van der Waals surface area contributed by atoms with Crippen LogP contribution in [0.1, 0.15) is 43.9 Å². The molecule has 5 nitrogen and oxygen atoms in total. The van der Waals surface area contributed by atoms with Gasteiger partial charge in [0.25, 0.3) is 0 Å². The third-order valence-electron chi connectivity index (χ3n) is 5.13. The molecule has 1 aliphatic carbocycles. The van der Waals surface area contributed by atoms with Crippen molar-refractivity contribution in [3.05, 3.63) is 59.2 Å². The molecule has 3 rings (SSSR count). The van der Waals surface area contributed by atoms with Crippen molar-refractivity contribution in [2.75, 3.05) is 13.2 Å². The molecule has 0 bridgehead atoms. The van der Waals surface area contributed by atoms with E-state index in [4.69, 9.17) is 4.74 Å². The van der Waals surface area contributed by atoms with Gasteiger partial charge in [-0.3, -0.25) is 9.69 Å². The summed E-state index contributed by atoms with van der Waals surface area (Å²) in [5, 5.41) is 2.75. The van der Waals surface area contributed by atoms with Crippen molar-refractivity contribution in [2.45, 2.75) is 51.9 Å². The van der Waals surface area contributed by atoms with Gasteiger partial charge < -0.3 is 14.8 Å². The molecule has 174 valence electrons. The lowest BCUT2D eigenvalue weighted by Crippen LogP contribution is -2.39. The van der Waals surface area contributed by atoms with Gasteiger partial charge in [0.15, 0.2) is 11.5 Å². The first kappa shape index (κ1) is 23.8. The molecule has 1 unspecified atom stereocenters. The molecule has 1 N–H and O–H groups in total. The average molecular weight is 454 g/mol. The van der Waals surface area contributed by atoms with Crippen LogP contribution in [0.15, 0.2) is 36.4 Å². The van der Waals surface area contributed by atoms with Gasteiger partial charge in [0.1, 0.15) is 11.6 Å². The third kappa shape index (κ3) is 6.59. The van der Waals surface area contributed by atoms with Gasteiger partial charge in [-0.05, 0) is 50.5 Å². The van der Waals surface area contributed by atoms with E-state index in [2.05, 4.69) is 10.1 Å². The maximum atomic E-state index is 14.0. The molecular weight excluding hydrogens is 428 g/mol. The number of rotatable bonds is 11. The summed E-state index contributed by atoms with van der Waals surface area (Å²) in [6.45, 7) is 1.19. The van der Waals surface area contributed by atoms with Gasteiger partial charge in [-0.25, -0.2) is 8.78 Å². The number of alkyl halides is 2. The molecule has 1 aliphatic rings. The molecule has 0 aliphatic heterocycles. The van der Waals surface area contributed by atoms with E-state index in [1.807, 2.05) is 4.90 Å². The number of nitrogens with zero attached hydrogens (tertiary/aromatic N) is 1. The molecule has 1 saturated carbocycles. The van der Waals surface area contributed by atoms with E-state index >= 15 is 0 Å². The number of ether oxygens (including phenoxy) is 2. The van der Waals surface area contributed by atoms with Crippen LogP contribution in [-0.2, 0) is 11.3 Å².